The molecular weight excluding hydrogens is 425 g/mol. The lowest BCUT2D eigenvalue weighted by Crippen LogP contribution is -2.34. The van der Waals surface area contributed by atoms with Crippen LogP contribution in [0.25, 0.3) is 0 Å². The fraction of sp³-hybridized carbons (Fsp3) is 0.133. The van der Waals surface area contributed by atoms with E-state index in [9.17, 15) is 13.2 Å². The molecule has 0 saturated heterocycles. The first-order valence-electron chi connectivity index (χ1n) is 6.44. The second kappa shape index (κ2) is 7.21. The van der Waals surface area contributed by atoms with Gasteiger partial charge in [0.15, 0.2) is 0 Å². The van der Waals surface area contributed by atoms with E-state index in [2.05, 4.69) is 15.9 Å². The molecule has 2 aromatic rings. The molecule has 0 aliphatic rings. The summed E-state index contributed by atoms with van der Waals surface area (Å²) in [6.07, 6.45) is 0. The zero-order valence-electron chi connectivity index (χ0n) is 12.0. The highest BCUT2D eigenvalue weighted by Crippen LogP contribution is 2.32. The minimum absolute atomic E-state index is 0.0556. The van der Waals surface area contributed by atoms with Crippen LogP contribution in [0.4, 0.5) is 5.69 Å². The van der Waals surface area contributed by atoms with Gasteiger partial charge in [0.2, 0.25) is 5.24 Å². The van der Waals surface area contributed by atoms with Crippen molar-refractivity contribution in [2.75, 3.05) is 10.8 Å². The number of benzene rings is 2. The molecule has 0 atom stereocenters. The summed E-state index contributed by atoms with van der Waals surface area (Å²) in [6, 6.07) is 11.0. The fourth-order valence-corrected chi connectivity index (χ4v) is 4.39. The van der Waals surface area contributed by atoms with E-state index in [1.807, 2.05) is 6.92 Å². The van der Waals surface area contributed by atoms with Crippen LogP contribution in [0.15, 0.2) is 51.8 Å². The van der Waals surface area contributed by atoms with Crippen LogP contribution in [0.3, 0.4) is 0 Å². The predicted molar refractivity (Wildman–Crippen MR) is 95.7 cm³/mol. The van der Waals surface area contributed by atoms with Crippen molar-refractivity contribution in [2.45, 2.75) is 11.8 Å². The highest BCUT2D eigenvalue weighted by atomic mass is 79.9. The molecule has 0 radical (unpaired) electrons. The van der Waals surface area contributed by atoms with Crippen LogP contribution in [0.5, 0.6) is 0 Å². The van der Waals surface area contributed by atoms with Gasteiger partial charge in [-0.3, -0.25) is 9.10 Å². The van der Waals surface area contributed by atoms with E-state index in [0.717, 1.165) is 9.87 Å². The van der Waals surface area contributed by atoms with Gasteiger partial charge in [0.05, 0.1) is 15.6 Å². The van der Waals surface area contributed by atoms with Gasteiger partial charge in [0.25, 0.3) is 10.0 Å². The first-order valence-corrected chi connectivity index (χ1v) is 9.43. The zero-order chi connectivity index (χ0) is 17.2. The number of hydrogen-bond acceptors (Lipinski definition) is 3. The molecule has 4 nitrogen and oxygen atoms in total. The number of nitrogens with zero attached hydrogens (tertiary/aromatic N) is 1. The largest absolute Gasteiger partial charge is 0.279 e. The topological polar surface area (TPSA) is 54.5 Å². The molecule has 0 heterocycles. The first-order chi connectivity index (χ1) is 10.7. The average Bonchev–Trinajstić information content (AvgIpc) is 2.45. The summed E-state index contributed by atoms with van der Waals surface area (Å²) in [5.74, 6) is 0. The van der Waals surface area contributed by atoms with E-state index >= 15 is 0 Å². The van der Waals surface area contributed by atoms with E-state index < -0.39 is 21.8 Å². The number of halogens is 3. The molecule has 0 saturated carbocycles. The van der Waals surface area contributed by atoms with Crippen molar-refractivity contribution in [1.29, 1.82) is 0 Å². The monoisotopic (exact) mass is 435 g/mol. The summed E-state index contributed by atoms with van der Waals surface area (Å²) in [4.78, 5) is 11.4. The fourth-order valence-electron chi connectivity index (χ4n) is 1.93. The van der Waals surface area contributed by atoms with Gasteiger partial charge in [-0.05, 0) is 48.9 Å². The Kier molecular flexibility index (Phi) is 5.73. The Morgan fingerprint density at radius 1 is 1.17 bits per heavy atom. The van der Waals surface area contributed by atoms with Crippen LogP contribution in [0.1, 0.15) is 5.56 Å². The van der Waals surface area contributed by atoms with Crippen LogP contribution in [-0.4, -0.2) is 20.2 Å². The van der Waals surface area contributed by atoms with E-state index in [-0.39, 0.29) is 15.6 Å². The number of hydrogen-bond donors (Lipinski definition) is 0. The lowest BCUT2D eigenvalue weighted by Gasteiger charge is -2.24. The third kappa shape index (κ3) is 4.26. The normalized spacial score (nSPS) is 11.3. The Bertz CT molecular complexity index is 838. The predicted octanol–water partition coefficient (Wildman–Crippen LogP) is 4.37. The number of sulfonamides is 1. The molecule has 0 spiro atoms. The molecule has 0 unspecified atom stereocenters. The highest BCUT2D eigenvalue weighted by Gasteiger charge is 2.28. The van der Waals surface area contributed by atoms with Gasteiger partial charge in [0, 0.05) is 4.47 Å². The smallest absolute Gasteiger partial charge is 0.264 e. The van der Waals surface area contributed by atoms with Crippen LogP contribution in [0, 0.1) is 6.92 Å². The molecule has 0 aromatic heterocycles. The molecule has 0 N–H and O–H groups in total. The van der Waals surface area contributed by atoms with Gasteiger partial charge in [0.1, 0.15) is 6.54 Å². The van der Waals surface area contributed by atoms with Crippen LogP contribution < -0.4 is 4.31 Å². The molecular formula is C15H12BrCl2NO3S. The van der Waals surface area contributed by atoms with Crippen molar-refractivity contribution in [3.8, 4) is 0 Å². The molecule has 0 amide bonds. The average molecular weight is 437 g/mol. The van der Waals surface area contributed by atoms with Crippen LogP contribution in [0.2, 0.25) is 5.02 Å². The summed E-state index contributed by atoms with van der Waals surface area (Å²) in [6.45, 7) is 1.33. The summed E-state index contributed by atoms with van der Waals surface area (Å²) >= 11 is 14.8. The number of carbonyl (C=O) groups excluding carboxylic acids is 1. The number of rotatable bonds is 5. The second-order valence-electron chi connectivity index (χ2n) is 4.78. The summed E-state index contributed by atoms with van der Waals surface area (Å²) in [5.41, 5.74) is 1.11. The van der Waals surface area contributed by atoms with Crippen LogP contribution >= 0.6 is 39.1 Å². The highest BCUT2D eigenvalue weighted by molar-refractivity contribution is 9.10. The maximum Gasteiger partial charge on any atom is 0.264 e. The Labute approximate surface area is 153 Å². The Morgan fingerprint density at radius 3 is 2.30 bits per heavy atom. The molecule has 2 aromatic carbocycles. The Hall–Kier alpha value is -1.08. The molecule has 0 bridgehead atoms. The van der Waals surface area contributed by atoms with Crippen molar-refractivity contribution >= 4 is 60.1 Å². The van der Waals surface area contributed by atoms with Crippen molar-refractivity contribution in [1.82, 2.24) is 0 Å². The standard InChI is InChI=1S/C15H12BrCl2NO3S/c1-10-2-5-12(6-3-10)23(21,22)19(9-15(18)20)14-7-4-11(16)8-13(14)17/h2-8H,9H2,1H3. The summed E-state index contributed by atoms with van der Waals surface area (Å²) in [5, 5.41) is -0.618. The van der Waals surface area contributed by atoms with Gasteiger partial charge in [-0.1, -0.05) is 45.2 Å². The summed E-state index contributed by atoms with van der Waals surface area (Å²) < 4.78 is 27.3. The summed E-state index contributed by atoms with van der Waals surface area (Å²) in [7, 11) is -3.97. The van der Waals surface area contributed by atoms with Crippen molar-refractivity contribution in [3.05, 3.63) is 57.5 Å². The quantitative estimate of drug-likeness (QED) is 0.653. The molecule has 122 valence electrons. The minimum atomic E-state index is -3.97. The number of anilines is 1. The lowest BCUT2D eigenvalue weighted by atomic mass is 10.2. The molecule has 2 rings (SSSR count). The minimum Gasteiger partial charge on any atom is -0.279 e. The van der Waals surface area contributed by atoms with Crippen molar-refractivity contribution in [3.63, 3.8) is 0 Å². The van der Waals surface area contributed by atoms with E-state index in [1.54, 1.807) is 24.3 Å². The van der Waals surface area contributed by atoms with Crippen LogP contribution in [-0.2, 0) is 14.8 Å². The number of carbonyl (C=O) groups is 1. The Morgan fingerprint density at radius 2 is 1.78 bits per heavy atom. The first kappa shape index (κ1) is 18.3. The molecule has 0 aliphatic heterocycles. The third-order valence-corrected chi connectivity index (χ3v) is 5.74. The number of aryl methyl sites for hydroxylation is 1. The van der Waals surface area contributed by atoms with Gasteiger partial charge < -0.3 is 0 Å². The van der Waals surface area contributed by atoms with Gasteiger partial charge in [-0.25, -0.2) is 8.42 Å². The molecule has 8 heteroatoms. The maximum atomic E-state index is 12.9. The SMILES string of the molecule is Cc1ccc(S(=O)(=O)N(CC(=O)Cl)c2ccc(Br)cc2Cl)cc1. The van der Waals surface area contributed by atoms with E-state index in [0.29, 0.717) is 4.47 Å². The van der Waals surface area contributed by atoms with Gasteiger partial charge >= 0.3 is 0 Å². The van der Waals surface area contributed by atoms with Crippen molar-refractivity contribution < 1.29 is 13.2 Å². The Balaban J connectivity index is 2.57. The van der Waals surface area contributed by atoms with E-state index in [1.165, 1.54) is 18.2 Å². The van der Waals surface area contributed by atoms with Gasteiger partial charge in [-0.15, -0.1) is 0 Å². The zero-order valence-corrected chi connectivity index (χ0v) is 15.9. The second-order valence-corrected chi connectivity index (χ2v) is 8.38. The maximum absolute atomic E-state index is 12.9. The van der Waals surface area contributed by atoms with Gasteiger partial charge in [-0.2, -0.15) is 0 Å². The van der Waals surface area contributed by atoms with Crippen molar-refractivity contribution in [2.24, 2.45) is 0 Å². The molecule has 0 fully saturated rings. The third-order valence-electron chi connectivity index (χ3n) is 3.06. The van der Waals surface area contributed by atoms with E-state index in [4.69, 9.17) is 23.2 Å². The lowest BCUT2D eigenvalue weighted by molar-refractivity contribution is -0.110. The molecule has 23 heavy (non-hydrogen) atoms. The molecule has 0 aliphatic carbocycles.